The molecule has 0 bridgehead atoms. The number of rotatable bonds is 9. The first-order valence-electron chi connectivity index (χ1n) is 11.9. The van der Waals surface area contributed by atoms with Gasteiger partial charge in [-0.1, -0.05) is 13.8 Å². The summed E-state index contributed by atoms with van der Waals surface area (Å²) in [7, 11) is -3.24. The summed E-state index contributed by atoms with van der Waals surface area (Å²) in [5, 5.41) is 16.5. The van der Waals surface area contributed by atoms with Crippen molar-refractivity contribution in [2.75, 3.05) is 11.1 Å². The van der Waals surface area contributed by atoms with E-state index in [4.69, 9.17) is 4.74 Å². The average Bonchev–Trinajstić information content (AvgIpc) is 3.56. The van der Waals surface area contributed by atoms with Crippen molar-refractivity contribution in [1.82, 2.24) is 30.1 Å². The average molecular weight is 544 g/mol. The van der Waals surface area contributed by atoms with Crippen molar-refractivity contribution in [2.45, 2.75) is 69.5 Å². The molecule has 37 heavy (non-hydrogen) atoms. The Labute approximate surface area is 211 Å². The number of nitrogens with zero attached hydrogens (tertiary/aromatic N) is 4. The second-order valence-corrected chi connectivity index (χ2v) is 11.3. The largest absolute Gasteiger partial charge is 0.446 e. The van der Waals surface area contributed by atoms with E-state index in [1.807, 2.05) is 5.32 Å². The van der Waals surface area contributed by atoms with Gasteiger partial charge in [0.15, 0.2) is 21.5 Å². The monoisotopic (exact) mass is 543 g/mol. The van der Waals surface area contributed by atoms with Crippen LogP contribution in [0.4, 0.5) is 29.6 Å². The number of anilines is 2. The van der Waals surface area contributed by atoms with Crippen molar-refractivity contribution in [2.24, 2.45) is 0 Å². The molecule has 1 fully saturated rings. The van der Waals surface area contributed by atoms with E-state index >= 15 is 0 Å². The maximum Gasteiger partial charge on any atom is 0.408 e. The van der Waals surface area contributed by atoms with Gasteiger partial charge in [0.1, 0.15) is 17.7 Å². The van der Waals surface area contributed by atoms with Crippen LogP contribution in [0.5, 0.6) is 0 Å². The first kappa shape index (κ1) is 26.7. The normalized spacial score (nSPS) is 19.2. The number of aromatic nitrogens is 5. The minimum Gasteiger partial charge on any atom is -0.446 e. The maximum atomic E-state index is 12.9. The molecule has 3 aromatic heterocycles. The number of fused-ring (bicyclic) bond motifs is 1. The van der Waals surface area contributed by atoms with Crippen LogP contribution in [0.3, 0.4) is 0 Å². The highest BCUT2D eigenvalue weighted by Gasteiger charge is 2.40. The summed E-state index contributed by atoms with van der Waals surface area (Å²) in [6.07, 6.45) is -1.62. The van der Waals surface area contributed by atoms with Gasteiger partial charge in [-0.25, -0.2) is 22.7 Å². The van der Waals surface area contributed by atoms with Crippen molar-refractivity contribution < 1.29 is 31.1 Å². The SMILES string of the molecule is CCC(NC(=O)OC1CCC(c2cc(Nc3nccn4nc(CS(=O)(=O)CC)cc34)n[nH]2)C1)C(F)(F)F. The van der Waals surface area contributed by atoms with Crippen molar-refractivity contribution >= 4 is 33.1 Å². The number of amides is 1. The Kier molecular flexibility index (Phi) is 7.62. The van der Waals surface area contributed by atoms with E-state index in [1.54, 1.807) is 25.3 Å². The summed E-state index contributed by atoms with van der Waals surface area (Å²) in [4.78, 5) is 16.3. The molecule has 3 atom stereocenters. The molecule has 3 heterocycles. The lowest BCUT2D eigenvalue weighted by Crippen LogP contribution is -2.45. The lowest BCUT2D eigenvalue weighted by atomic mass is 10.0. The number of carbonyl (C=O) groups is 1. The number of alkyl carbamates (subject to hydrolysis) is 1. The molecule has 3 aromatic rings. The number of sulfone groups is 1. The van der Waals surface area contributed by atoms with Gasteiger partial charge in [-0.2, -0.15) is 23.4 Å². The lowest BCUT2D eigenvalue weighted by molar-refractivity contribution is -0.155. The molecular formula is C22H28F3N7O4S. The molecule has 0 radical (unpaired) electrons. The number of H-pyrrole nitrogens is 1. The molecular weight excluding hydrogens is 515 g/mol. The fourth-order valence-electron chi connectivity index (χ4n) is 4.27. The first-order chi connectivity index (χ1) is 17.5. The molecule has 1 aliphatic carbocycles. The predicted molar refractivity (Wildman–Crippen MR) is 128 cm³/mol. The molecule has 11 nitrogen and oxygen atoms in total. The number of nitrogens with one attached hydrogen (secondary N) is 3. The quantitative estimate of drug-likeness (QED) is 0.370. The molecule has 202 valence electrons. The molecule has 15 heteroatoms. The van der Waals surface area contributed by atoms with Crippen LogP contribution >= 0.6 is 0 Å². The Balaban J connectivity index is 1.38. The minimum absolute atomic E-state index is 0.0185. The highest BCUT2D eigenvalue weighted by molar-refractivity contribution is 7.90. The molecule has 0 spiro atoms. The zero-order chi connectivity index (χ0) is 26.8. The number of hydrogen-bond donors (Lipinski definition) is 3. The van der Waals surface area contributed by atoms with E-state index in [2.05, 4.69) is 25.6 Å². The lowest BCUT2D eigenvalue weighted by Gasteiger charge is -2.21. The van der Waals surface area contributed by atoms with Crippen LogP contribution < -0.4 is 10.6 Å². The zero-order valence-electron chi connectivity index (χ0n) is 20.2. The van der Waals surface area contributed by atoms with Crippen LogP contribution in [-0.4, -0.2) is 63.4 Å². The second-order valence-electron chi connectivity index (χ2n) is 8.94. The van der Waals surface area contributed by atoms with Gasteiger partial charge in [-0.3, -0.25) is 5.10 Å². The Bertz CT molecular complexity index is 1360. The van der Waals surface area contributed by atoms with Gasteiger partial charge in [0, 0.05) is 35.8 Å². The number of halogens is 3. The van der Waals surface area contributed by atoms with Crippen LogP contribution in [0, 0.1) is 0 Å². The molecule has 0 saturated heterocycles. The van der Waals surface area contributed by atoms with Gasteiger partial charge in [-0.05, 0) is 31.7 Å². The molecule has 4 rings (SSSR count). The Morgan fingerprint density at radius 1 is 1.30 bits per heavy atom. The molecule has 1 aliphatic rings. The molecule has 0 aromatic carbocycles. The van der Waals surface area contributed by atoms with Crippen molar-refractivity contribution in [3.05, 3.63) is 35.9 Å². The third-order valence-corrected chi connectivity index (χ3v) is 7.90. The summed E-state index contributed by atoms with van der Waals surface area (Å²) < 4.78 is 69.3. The topological polar surface area (TPSA) is 143 Å². The Hall–Kier alpha value is -3.36. The van der Waals surface area contributed by atoms with Gasteiger partial charge in [-0.15, -0.1) is 0 Å². The Morgan fingerprint density at radius 3 is 2.78 bits per heavy atom. The second kappa shape index (κ2) is 10.6. The minimum atomic E-state index is -4.53. The number of carbonyl (C=O) groups excluding carboxylic acids is 1. The van der Waals surface area contributed by atoms with E-state index in [0.29, 0.717) is 42.1 Å². The van der Waals surface area contributed by atoms with Gasteiger partial charge in [0.25, 0.3) is 0 Å². The highest BCUT2D eigenvalue weighted by Crippen LogP contribution is 2.36. The van der Waals surface area contributed by atoms with Crippen molar-refractivity contribution in [1.29, 1.82) is 0 Å². The molecule has 3 unspecified atom stereocenters. The predicted octanol–water partition coefficient (Wildman–Crippen LogP) is 3.83. The Morgan fingerprint density at radius 2 is 2.08 bits per heavy atom. The van der Waals surface area contributed by atoms with E-state index in [0.717, 1.165) is 5.69 Å². The van der Waals surface area contributed by atoms with Gasteiger partial charge in [0.05, 0.1) is 11.4 Å². The van der Waals surface area contributed by atoms with Crippen molar-refractivity contribution in [3.8, 4) is 0 Å². The smallest absolute Gasteiger partial charge is 0.408 e. The molecule has 3 N–H and O–H groups in total. The first-order valence-corrected chi connectivity index (χ1v) is 13.7. The van der Waals surface area contributed by atoms with E-state index in [1.165, 1.54) is 17.6 Å². The zero-order valence-corrected chi connectivity index (χ0v) is 21.1. The number of ether oxygens (including phenoxy) is 1. The van der Waals surface area contributed by atoms with Crippen LogP contribution in [0.2, 0.25) is 0 Å². The van der Waals surface area contributed by atoms with E-state index in [9.17, 15) is 26.4 Å². The number of hydrogen-bond acceptors (Lipinski definition) is 8. The number of aromatic amines is 1. The summed E-state index contributed by atoms with van der Waals surface area (Å²) in [6.45, 7) is 2.92. The van der Waals surface area contributed by atoms with Gasteiger partial charge >= 0.3 is 12.3 Å². The summed E-state index contributed by atoms with van der Waals surface area (Å²) in [6, 6.07) is 1.50. The van der Waals surface area contributed by atoms with Crippen molar-refractivity contribution in [3.63, 3.8) is 0 Å². The summed E-state index contributed by atoms with van der Waals surface area (Å²) in [5.74, 6) is 0.737. The van der Waals surface area contributed by atoms with E-state index < -0.39 is 34.3 Å². The van der Waals surface area contributed by atoms with Crippen LogP contribution in [-0.2, 0) is 20.3 Å². The van der Waals surface area contributed by atoms with Gasteiger partial charge in [0.2, 0.25) is 0 Å². The van der Waals surface area contributed by atoms with Crippen LogP contribution in [0.15, 0.2) is 24.5 Å². The maximum absolute atomic E-state index is 12.9. The highest BCUT2D eigenvalue weighted by atomic mass is 32.2. The standard InChI is InChI=1S/C22H28F3N7O4S/c1-3-18(22(23,24)25)27-21(33)36-15-6-5-13(9-15)16-11-19(30-29-16)28-20-17-10-14(12-37(34,35)4-2)31-32(17)8-7-26-20/h7-8,10-11,13,15,18H,3-6,9,12H2,1-2H3,(H,27,33)(H2,26,28,29,30). The summed E-state index contributed by atoms with van der Waals surface area (Å²) in [5.41, 5.74) is 1.77. The van der Waals surface area contributed by atoms with Crippen LogP contribution in [0.25, 0.3) is 5.52 Å². The van der Waals surface area contributed by atoms with Crippen LogP contribution in [0.1, 0.15) is 56.8 Å². The van der Waals surface area contributed by atoms with Gasteiger partial charge < -0.3 is 15.4 Å². The molecule has 0 aliphatic heterocycles. The third kappa shape index (κ3) is 6.50. The molecule has 1 amide bonds. The fraction of sp³-hybridized carbons (Fsp3) is 0.545. The summed E-state index contributed by atoms with van der Waals surface area (Å²) >= 11 is 0. The number of alkyl halides is 3. The fourth-order valence-corrected chi connectivity index (χ4v) is 5.07. The van der Waals surface area contributed by atoms with E-state index in [-0.39, 0.29) is 23.8 Å². The molecule has 1 saturated carbocycles. The third-order valence-electron chi connectivity index (χ3n) is 6.29.